The van der Waals surface area contributed by atoms with Crippen LogP contribution >= 0.6 is 0 Å². The summed E-state index contributed by atoms with van der Waals surface area (Å²) in [6, 6.07) is 4.13. The number of cyclic esters (lactones) is 1. The van der Waals surface area contributed by atoms with E-state index in [9.17, 15) is 14.7 Å². The molecular weight excluding hydrogens is 436 g/mol. The quantitative estimate of drug-likeness (QED) is 0.573. The summed E-state index contributed by atoms with van der Waals surface area (Å²) in [6.45, 7) is 7.27. The van der Waals surface area contributed by atoms with E-state index in [-0.39, 0.29) is 23.9 Å². The van der Waals surface area contributed by atoms with Gasteiger partial charge in [0.25, 0.3) is 0 Å². The number of amides is 1. The number of aliphatic hydroxyl groups excluding tert-OH is 1. The van der Waals surface area contributed by atoms with Gasteiger partial charge in [-0.3, -0.25) is 4.79 Å². The van der Waals surface area contributed by atoms with Crippen molar-refractivity contribution in [2.45, 2.75) is 45.8 Å². The molecule has 0 aliphatic carbocycles. The van der Waals surface area contributed by atoms with Crippen molar-refractivity contribution in [1.29, 1.82) is 0 Å². The Morgan fingerprint density at radius 1 is 1.15 bits per heavy atom. The number of ether oxygens (including phenoxy) is 1. The van der Waals surface area contributed by atoms with Crippen LogP contribution in [0.4, 0.5) is 0 Å². The average molecular weight is 465 g/mol. The number of rotatable bonds is 4. The Balaban J connectivity index is 1.12. The Morgan fingerprint density at radius 2 is 1.91 bits per heavy atom. The molecule has 4 aliphatic heterocycles. The van der Waals surface area contributed by atoms with Crippen LogP contribution < -0.4 is 0 Å². The van der Waals surface area contributed by atoms with Crippen molar-refractivity contribution in [1.82, 2.24) is 30.0 Å². The van der Waals surface area contributed by atoms with E-state index in [2.05, 4.69) is 26.5 Å². The molecule has 1 aromatic carbocycles. The number of esters is 1. The molecule has 2 fully saturated rings. The number of aryl methyl sites for hydroxylation is 1. The van der Waals surface area contributed by atoms with Crippen LogP contribution in [0.5, 0.6) is 0 Å². The van der Waals surface area contributed by atoms with Gasteiger partial charge >= 0.3 is 5.97 Å². The van der Waals surface area contributed by atoms with E-state index in [0.29, 0.717) is 25.2 Å². The van der Waals surface area contributed by atoms with Crippen molar-refractivity contribution in [2.24, 2.45) is 5.41 Å². The number of carbonyl (C=O) groups is 2. The van der Waals surface area contributed by atoms with Gasteiger partial charge < -0.3 is 19.6 Å². The molecule has 10 nitrogen and oxygen atoms in total. The molecule has 10 heteroatoms. The normalized spacial score (nSPS) is 22.5. The summed E-state index contributed by atoms with van der Waals surface area (Å²) in [5, 5.41) is 23.0. The fraction of sp³-hybridized carbons (Fsp3) is 0.542. The van der Waals surface area contributed by atoms with Gasteiger partial charge in [0.1, 0.15) is 6.61 Å². The fourth-order valence-corrected chi connectivity index (χ4v) is 5.94. The highest BCUT2D eigenvalue weighted by Crippen LogP contribution is 2.44. The number of aliphatic hydroxyl groups is 1. The number of likely N-dealkylation sites (tertiary alicyclic amines) is 2. The molecule has 4 aliphatic rings. The molecular formula is C24H28N6O4. The number of hydrogen-bond donors (Lipinski definition) is 1. The minimum atomic E-state index is -0.630. The SMILES string of the molecule is CC1=C(N2CCC3(CCN(C[C@H](O)c4cc5c(cc4C)Cn4nnnc4-5)CC3)C2=O)COC1=O. The van der Waals surface area contributed by atoms with E-state index in [1.54, 1.807) is 16.5 Å². The van der Waals surface area contributed by atoms with E-state index in [1.807, 2.05) is 13.0 Å². The van der Waals surface area contributed by atoms with Gasteiger partial charge in [-0.15, -0.1) is 5.10 Å². The molecule has 2 aromatic rings. The van der Waals surface area contributed by atoms with Crippen molar-refractivity contribution in [3.63, 3.8) is 0 Å². The molecule has 2 saturated heterocycles. The van der Waals surface area contributed by atoms with E-state index >= 15 is 0 Å². The molecule has 178 valence electrons. The summed E-state index contributed by atoms with van der Waals surface area (Å²) in [5.41, 5.74) is 4.98. The third-order valence-corrected chi connectivity index (χ3v) is 8.11. The third-order valence-electron chi connectivity index (χ3n) is 8.11. The predicted molar refractivity (Wildman–Crippen MR) is 120 cm³/mol. The van der Waals surface area contributed by atoms with Crippen molar-refractivity contribution in [2.75, 3.05) is 32.8 Å². The lowest BCUT2D eigenvalue weighted by molar-refractivity contribution is -0.138. The predicted octanol–water partition coefficient (Wildman–Crippen LogP) is 1.19. The van der Waals surface area contributed by atoms with Crippen LogP contribution in [0.3, 0.4) is 0 Å². The second-order valence-corrected chi connectivity index (χ2v) is 9.98. The topological polar surface area (TPSA) is 114 Å². The Morgan fingerprint density at radius 3 is 2.65 bits per heavy atom. The Bertz CT molecular complexity index is 1230. The highest BCUT2D eigenvalue weighted by molar-refractivity contribution is 5.94. The van der Waals surface area contributed by atoms with Crippen LogP contribution in [-0.4, -0.2) is 79.8 Å². The summed E-state index contributed by atoms with van der Waals surface area (Å²) >= 11 is 0. The van der Waals surface area contributed by atoms with E-state index in [0.717, 1.165) is 66.1 Å². The molecule has 1 spiro atoms. The molecule has 0 unspecified atom stereocenters. The number of carbonyl (C=O) groups excluding carboxylic acids is 2. The summed E-state index contributed by atoms with van der Waals surface area (Å²) < 4.78 is 6.89. The Kier molecular flexibility index (Phi) is 4.86. The van der Waals surface area contributed by atoms with Gasteiger partial charge in [0.05, 0.1) is 29.3 Å². The zero-order valence-electron chi connectivity index (χ0n) is 19.5. The van der Waals surface area contributed by atoms with Crippen molar-refractivity contribution < 1.29 is 19.4 Å². The highest BCUT2D eigenvalue weighted by Gasteiger charge is 2.50. The molecule has 1 aromatic heterocycles. The molecule has 0 bridgehead atoms. The van der Waals surface area contributed by atoms with Crippen LogP contribution in [-0.2, 0) is 20.9 Å². The first kappa shape index (κ1) is 21.4. The van der Waals surface area contributed by atoms with Gasteiger partial charge in [0, 0.05) is 18.7 Å². The average Bonchev–Trinajstić information content (AvgIpc) is 3.56. The second-order valence-electron chi connectivity index (χ2n) is 9.98. The minimum Gasteiger partial charge on any atom is -0.456 e. The van der Waals surface area contributed by atoms with Crippen LogP contribution in [0.25, 0.3) is 11.4 Å². The Hall–Kier alpha value is -3.11. The zero-order valence-corrected chi connectivity index (χ0v) is 19.5. The first-order valence-electron chi connectivity index (χ1n) is 11.9. The Labute approximate surface area is 197 Å². The highest BCUT2D eigenvalue weighted by atomic mass is 16.5. The molecule has 1 amide bonds. The molecule has 34 heavy (non-hydrogen) atoms. The van der Waals surface area contributed by atoms with Crippen molar-refractivity contribution in [3.8, 4) is 11.4 Å². The van der Waals surface area contributed by atoms with Crippen LogP contribution in [0.1, 0.15) is 49.0 Å². The molecule has 0 saturated carbocycles. The molecule has 1 atom stereocenters. The number of tetrazole rings is 1. The van der Waals surface area contributed by atoms with Crippen LogP contribution in [0.2, 0.25) is 0 Å². The number of aromatic nitrogens is 4. The van der Waals surface area contributed by atoms with Crippen molar-refractivity contribution in [3.05, 3.63) is 40.1 Å². The fourth-order valence-electron chi connectivity index (χ4n) is 5.94. The van der Waals surface area contributed by atoms with E-state index in [4.69, 9.17) is 4.74 Å². The molecule has 6 rings (SSSR count). The number of β-amino-alcohol motifs (C(OH)–C–C–N with tert-alkyl or cyclic N) is 1. The number of benzene rings is 1. The first-order valence-corrected chi connectivity index (χ1v) is 11.9. The number of hydrogen-bond acceptors (Lipinski definition) is 8. The maximum atomic E-state index is 13.3. The van der Waals surface area contributed by atoms with Crippen molar-refractivity contribution >= 4 is 11.9 Å². The molecule has 5 heterocycles. The smallest absolute Gasteiger partial charge is 0.336 e. The summed E-state index contributed by atoms with van der Waals surface area (Å²) in [7, 11) is 0. The number of piperidine rings is 1. The second kappa shape index (κ2) is 7.71. The maximum Gasteiger partial charge on any atom is 0.336 e. The van der Waals surface area contributed by atoms with Crippen LogP contribution in [0, 0.1) is 12.3 Å². The third kappa shape index (κ3) is 3.19. The zero-order chi connectivity index (χ0) is 23.6. The number of fused-ring (bicyclic) bond motifs is 3. The lowest BCUT2D eigenvalue weighted by atomic mass is 9.77. The van der Waals surface area contributed by atoms with Crippen LogP contribution in [0.15, 0.2) is 23.4 Å². The lowest BCUT2D eigenvalue weighted by Gasteiger charge is -2.38. The van der Waals surface area contributed by atoms with Gasteiger partial charge in [-0.1, -0.05) is 6.07 Å². The van der Waals surface area contributed by atoms with E-state index < -0.39 is 6.10 Å². The largest absolute Gasteiger partial charge is 0.456 e. The molecule has 0 radical (unpaired) electrons. The van der Waals surface area contributed by atoms with Gasteiger partial charge in [0.2, 0.25) is 5.91 Å². The molecule has 1 N–H and O–H groups in total. The maximum absolute atomic E-state index is 13.3. The van der Waals surface area contributed by atoms with Gasteiger partial charge in [-0.05, 0) is 79.4 Å². The van der Waals surface area contributed by atoms with E-state index in [1.165, 1.54) is 0 Å². The first-order chi connectivity index (χ1) is 16.4. The summed E-state index contributed by atoms with van der Waals surface area (Å²) in [5.74, 6) is 0.533. The van der Waals surface area contributed by atoms with Gasteiger partial charge in [-0.2, -0.15) is 0 Å². The van der Waals surface area contributed by atoms with Gasteiger partial charge in [-0.25, -0.2) is 9.48 Å². The number of nitrogens with zero attached hydrogens (tertiary/aromatic N) is 6. The standard InChI is InChI=1S/C24H28N6O4/c1-14-9-16-11-30-21(25-26-27-30)18(16)10-17(14)20(31)12-28-6-3-24(4-7-28)5-8-29(23(24)33)19-13-34-22(32)15(19)2/h9-10,20,31H,3-8,11-13H2,1-2H3/t20-/m0/s1. The monoisotopic (exact) mass is 464 g/mol. The minimum absolute atomic E-state index is 0.118. The summed E-state index contributed by atoms with van der Waals surface area (Å²) in [6.07, 6.45) is 1.68. The van der Waals surface area contributed by atoms with Gasteiger partial charge in [0.15, 0.2) is 5.82 Å². The lowest BCUT2D eigenvalue weighted by Crippen LogP contribution is -2.45. The summed E-state index contributed by atoms with van der Waals surface area (Å²) in [4.78, 5) is 29.1.